The van der Waals surface area contributed by atoms with E-state index >= 15 is 0 Å². The number of sulfonamides is 1. The van der Waals surface area contributed by atoms with Gasteiger partial charge in [-0.1, -0.05) is 37.6 Å². The van der Waals surface area contributed by atoms with E-state index in [1.807, 2.05) is 26.0 Å². The van der Waals surface area contributed by atoms with Gasteiger partial charge in [0.25, 0.3) is 0 Å². The number of ether oxygens (including phenoxy) is 1. The molecule has 24 heavy (non-hydrogen) atoms. The first-order valence-electron chi connectivity index (χ1n) is 8.30. The van der Waals surface area contributed by atoms with Crippen LogP contribution in [-0.4, -0.2) is 15.0 Å². The van der Waals surface area contributed by atoms with E-state index in [4.69, 9.17) is 4.74 Å². The molecule has 4 nitrogen and oxygen atoms in total. The van der Waals surface area contributed by atoms with Gasteiger partial charge >= 0.3 is 0 Å². The summed E-state index contributed by atoms with van der Waals surface area (Å²) in [4.78, 5) is 0.236. The van der Waals surface area contributed by atoms with Crippen molar-refractivity contribution in [1.82, 2.24) is 4.72 Å². The van der Waals surface area contributed by atoms with Crippen LogP contribution >= 0.6 is 0 Å². The standard InChI is InChI=1S/C19H25NO3S/c1-4-6-16-7-9-17(10-8-16)15(3)20-24(21,22)19-13-11-18(12-14-19)23-5-2/h7-15,20H,4-6H2,1-3H3. The lowest BCUT2D eigenvalue weighted by molar-refractivity contribution is 0.340. The maximum absolute atomic E-state index is 12.5. The van der Waals surface area contributed by atoms with E-state index in [2.05, 4.69) is 23.8 Å². The molecule has 1 unspecified atom stereocenters. The molecule has 0 aliphatic heterocycles. The molecule has 1 atom stereocenters. The molecular weight excluding hydrogens is 322 g/mol. The maximum atomic E-state index is 12.5. The van der Waals surface area contributed by atoms with Gasteiger partial charge in [-0.2, -0.15) is 0 Å². The normalized spacial score (nSPS) is 12.8. The van der Waals surface area contributed by atoms with Crippen LogP contribution in [0.4, 0.5) is 0 Å². The SMILES string of the molecule is CCCc1ccc(C(C)NS(=O)(=O)c2ccc(OCC)cc2)cc1. The molecule has 0 bridgehead atoms. The summed E-state index contributed by atoms with van der Waals surface area (Å²) in [6.45, 7) is 6.43. The first kappa shape index (κ1) is 18.5. The van der Waals surface area contributed by atoms with Crippen molar-refractivity contribution >= 4 is 10.0 Å². The quantitative estimate of drug-likeness (QED) is 0.783. The Morgan fingerprint density at radius 1 is 1.00 bits per heavy atom. The van der Waals surface area contributed by atoms with Crippen molar-refractivity contribution in [3.8, 4) is 5.75 Å². The van der Waals surface area contributed by atoms with E-state index in [0.717, 1.165) is 18.4 Å². The molecular formula is C19H25NO3S. The lowest BCUT2D eigenvalue weighted by Crippen LogP contribution is -2.26. The number of aryl methyl sites for hydroxylation is 1. The lowest BCUT2D eigenvalue weighted by Gasteiger charge is -2.15. The Hall–Kier alpha value is -1.85. The Morgan fingerprint density at radius 3 is 2.17 bits per heavy atom. The zero-order valence-corrected chi connectivity index (χ0v) is 15.3. The highest BCUT2D eigenvalue weighted by Gasteiger charge is 2.18. The summed E-state index contributed by atoms with van der Waals surface area (Å²) in [7, 11) is -3.57. The van der Waals surface area contributed by atoms with Gasteiger partial charge in [0, 0.05) is 6.04 Å². The Labute approximate surface area is 144 Å². The molecule has 0 radical (unpaired) electrons. The first-order valence-corrected chi connectivity index (χ1v) is 9.78. The van der Waals surface area contributed by atoms with Crippen molar-refractivity contribution in [3.63, 3.8) is 0 Å². The Kier molecular flexibility index (Phi) is 6.40. The molecule has 0 saturated carbocycles. The lowest BCUT2D eigenvalue weighted by atomic mass is 10.0. The van der Waals surface area contributed by atoms with Crippen LogP contribution < -0.4 is 9.46 Å². The number of hydrogen-bond donors (Lipinski definition) is 1. The van der Waals surface area contributed by atoms with Gasteiger partial charge in [-0.3, -0.25) is 0 Å². The predicted octanol–water partition coefficient (Wildman–Crippen LogP) is 4.08. The second-order valence-corrected chi connectivity index (χ2v) is 7.45. The van der Waals surface area contributed by atoms with Crippen LogP contribution in [0.25, 0.3) is 0 Å². The van der Waals surface area contributed by atoms with Gasteiger partial charge in [-0.25, -0.2) is 13.1 Å². The molecule has 2 aromatic rings. The highest BCUT2D eigenvalue weighted by Crippen LogP contribution is 2.20. The number of rotatable bonds is 8. The third-order valence-corrected chi connectivity index (χ3v) is 5.35. The number of hydrogen-bond acceptors (Lipinski definition) is 3. The van der Waals surface area contributed by atoms with Gasteiger partial charge in [0.1, 0.15) is 5.75 Å². The molecule has 0 amide bonds. The Bertz CT molecular complexity index is 737. The van der Waals surface area contributed by atoms with Crippen LogP contribution in [0.15, 0.2) is 53.4 Å². The average Bonchev–Trinajstić information content (AvgIpc) is 2.56. The maximum Gasteiger partial charge on any atom is 0.241 e. The van der Waals surface area contributed by atoms with E-state index in [-0.39, 0.29) is 10.9 Å². The largest absolute Gasteiger partial charge is 0.494 e. The first-order chi connectivity index (χ1) is 11.5. The second kappa shape index (κ2) is 8.31. The minimum atomic E-state index is -3.57. The van der Waals surface area contributed by atoms with E-state index < -0.39 is 10.0 Å². The fraction of sp³-hybridized carbons (Fsp3) is 0.368. The Morgan fingerprint density at radius 2 is 1.62 bits per heavy atom. The molecule has 2 aromatic carbocycles. The molecule has 1 N–H and O–H groups in total. The van der Waals surface area contributed by atoms with Gasteiger partial charge in [-0.15, -0.1) is 0 Å². The van der Waals surface area contributed by atoms with Gasteiger partial charge < -0.3 is 4.74 Å². The summed E-state index contributed by atoms with van der Waals surface area (Å²) in [5, 5.41) is 0. The Balaban J connectivity index is 2.09. The summed E-state index contributed by atoms with van der Waals surface area (Å²) >= 11 is 0. The van der Waals surface area contributed by atoms with Gasteiger partial charge in [0.15, 0.2) is 0 Å². The number of nitrogens with one attached hydrogen (secondary N) is 1. The monoisotopic (exact) mass is 347 g/mol. The smallest absolute Gasteiger partial charge is 0.241 e. The van der Waals surface area contributed by atoms with Crippen molar-refractivity contribution in [2.45, 2.75) is 44.6 Å². The molecule has 130 valence electrons. The van der Waals surface area contributed by atoms with Crippen LogP contribution in [0.1, 0.15) is 44.4 Å². The summed E-state index contributed by atoms with van der Waals surface area (Å²) in [6, 6.07) is 14.2. The summed E-state index contributed by atoms with van der Waals surface area (Å²) < 4.78 is 33.1. The molecule has 0 aliphatic rings. The summed E-state index contributed by atoms with van der Waals surface area (Å²) in [5.74, 6) is 0.663. The topological polar surface area (TPSA) is 55.4 Å². The molecule has 0 heterocycles. The molecule has 0 aromatic heterocycles. The van der Waals surface area contributed by atoms with E-state index in [1.54, 1.807) is 24.3 Å². The fourth-order valence-corrected chi connectivity index (χ4v) is 3.74. The third kappa shape index (κ3) is 4.82. The van der Waals surface area contributed by atoms with Crippen LogP contribution in [0.2, 0.25) is 0 Å². The molecule has 0 aliphatic carbocycles. The van der Waals surface area contributed by atoms with Gasteiger partial charge in [0.05, 0.1) is 11.5 Å². The van der Waals surface area contributed by atoms with Crippen LogP contribution in [0, 0.1) is 0 Å². The predicted molar refractivity (Wildman–Crippen MR) is 96.8 cm³/mol. The van der Waals surface area contributed by atoms with Crippen LogP contribution in [0.3, 0.4) is 0 Å². The van der Waals surface area contributed by atoms with Gasteiger partial charge in [0.2, 0.25) is 10.0 Å². The zero-order valence-electron chi connectivity index (χ0n) is 14.5. The fourth-order valence-electron chi connectivity index (χ4n) is 2.51. The van der Waals surface area contributed by atoms with Crippen molar-refractivity contribution in [2.75, 3.05) is 6.61 Å². The molecule has 2 rings (SSSR count). The van der Waals surface area contributed by atoms with Crippen molar-refractivity contribution in [3.05, 3.63) is 59.7 Å². The average molecular weight is 347 g/mol. The minimum Gasteiger partial charge on any atom is -0.494 e. The third-order valence-electron chi connectivity index (χ3n) is 3.80. The zero-order chi connectivity index (χ0) is 17.6. The number of benzene rings is 2. The summed E-state index contributed by atoms with van der Waals surface area (Å²) in [5.41, 5.74) is 2.21. The molecule has 5 heteroatoms. The van der Waals surface area contributed by atoms with E-state index in [9.17, 15) is 8.42 Å². The van der Waals surface area contributed by atoms with Crippen molar-refractivity contribution in [2.24, 2.45) is 0 Å². The molecule has 0 saturated heterocycles. The summed E-state index contributed by atoms with van der Waals surface area (Å²) in [6.07, 6.45) is 2.13. The minimum absolute atomic E-state index is 0.236. The van der Waals surface area contributed by atoms with Crippen LogP contribution in [-0.2, 0) is 16.4 Å². The van der Waals surface area contributed by atoms with E-state index in [0.29, 0.717) is 12.4 Å². The highest BCUT2D eigenvalue weighted by atomic mass is 32.2. The highest BCUT2D eigenvalue weighted by molar-refractivity contribution is 7.89. The van der Waals surface area contributed by atoms with Crippen molar-refractivity contribution in [1.29, 1.82) is 0 Å². The van der Waals surface area contributed by atoms with E-state index in [1.165, 1.54) is 5.56 Å². The molecule has 0 fully saturated rings. The van der Waals surface area contributed by atoms with Crippen molar-refractivity contribution < 1.29 is 13.2 Å². The molecule has 0 spiro atoms. The second-order valence-electron chi connectivity index (χ2n) is 5.74. The van der Waals surface area contributed by atoms with Gasteiger partial charge in [-0.05, 0) is 55.7 Å². The van der Waals surface area contributed by atoms with Crippen LogP contribution in [0.5, 0.6) is 5.75 Å².